The van der Waals surface area contributed by atoms with Crippen molar-refractivity contribution in [2.24, 2.45) is 0 Å². The first-order valence-electron chi connectivity index (χ1n) is 7.07. The third kappa shape index (κ3) is 14.1. The van der Waals surface area contributed by atoms with Crippen LogP contribution in [0.25, 0.3) is 0 Å². The molecule has 0 aliphatic rings. The lowest BCUT2D eigenvalue weighted by Gasteiger charge is -2.23. The SMILES string of the molecule is C[N+](C)(C)CCCCCCCNCCC[SiH3]. The number of nitrogens with zero attached hydrogens (tertiary/aromatic N) is 1. The van der Waals surface area contributed by atoms with Crippen LogP contribution in [0.3, 0.4) is 0 Å². The lowest BCUT2D eigenvalue weighted by atomic mass is 10.1. The molecule has 0 radical (unpaired) electrons. The summed E-state index contributed by atoms with van der Waals surface area (Å²) in [4.78, 5) is 0. The molecule has 0 aliphatic heterocycles. The molecule has 0 aliphatic carbocycles. The zero-order valence-electron chi connectivity index (χ0n) is 12.0. The van der Waals surface area contributed by atoms with Crippen LogP contribution in [0.2, 0.25) is 6.04 Å². The van der Waals surface area contributed by atoms with Gasteiger partial charge in [0.15, 0.2) is 0 Å². The Morgan fingerprint density at radius 3 is 2.00 bits per heavy atom. The second kappa shape index (κ2) is 10.3. The molecule has 16 heavy (non-hydrogen) atoms. The van der Waals surface area contributed by atoms with Gasteiger partial charge >= 0.3 is 0 Å². The third-order valence-corrected chi connectivity index (χ3v) is 3.60. The first-order chi connectivity index (χ1) is 7.56. The Balaban J connectivity index is 2.99. The minimum Gasteiger partial charge on any atom is -0.331 e. The summed E-state index contributed by atoms with van der Waals surface area (Å²) in [5.74, 6) is 0. The second-order valence-electron chi connectivity index (χ2n) is 5.89. The van der Waals surface area contributed by atoms with Crippen LogP contribution in [0.1, 0.15) is 38.5 Å². The van der Waals surface area contributed by atoms with Gasteiger partial charge in [-0.15, -0.1) is 0 Å². The maximum Gasteiger partial charge on any atom is 0.0780 e. The van der Waals surface area contributed by atoms with Gasteiger partial charge in [-0.2, -0.15) is 0 Å². The number of rotatable bonds is 11. The Morgan fingerprint density at radius 1 is 0.812 bits per heavy atom. The molecule has 0 atom stereocenters. The van der Waals surface area contributed by atoms with Crippen LogP contribution in [-0.2, 0) is 0 Å². The van der Waals surface area contributed by atoms with Crippen LogP contribution in [0.15, 0.2) is 0 Å². The van der Waals surface area contributed by atoms with Gasteiger partial charge in [-0.25, -0.2) is 0 Å². The zero-order valence-corrected chi connectivity index (χ0v) is 14.0. The highest BCUT2D eigenvalue weighted by atomic mass is 28.1. The van der Waals surface area contributed by atoms with Gasteiger partial charge in [-0.05, 0) is 38.8 Å². The first-order valence-corrected chi connectivity index (χ1v) is 8.49. The molecule has 0 spiro atoms. The normalized spacial score (nSPS) is 12.2. The van der Waals surface area contributed by atoms with Gasteiger partial charge in [0.25, 0.3) is 0 Å². The number of hydrogen-bond acceptors (Lipinski definition) is 1. The molecule has 0 rings (SSSR count). The van der Waals surface area contributed by atoms with E-state index in [1.165, 1.54) is 74.4 Å². The predicted octanol–water partition coefficient (Wildman–Crippen LogP) is 1.41. The van der Waals surface area contributed by atoms with Gasteiger partial charge in [0.2, 0.25) is 0 Å². The molecule has 0 fully saturated rings. The summed E-state index contributed by atoms with van der Waals surface area (Å²) in [7, 11) is 8.20. The summed E-state index contributed by atoms with van der Waals surface area (Å²) in [5, 5.41) is 3.52. The average Bonchev–Trinajstić information content (AvgIpc) is 2.19. The van der Waals surface area contributed by atoms with Crippen LogP contribution in [-0.4, -0.2) is 55.5 Å². The fourth-order valence-corrected chi connectivity index (χ4v) is 2.15. The summed E-state index contributed by atoms with van der Waals surface area (Å²) < 4.78 is 1.11. The highest BCUT2D eigenvalue weighted by molar-refractivity contribution is 6.08. The molecular formula is C13H33N2Si+. The van der Waals surface area contributed by atoms with E-state index in [4.69, 9.17) is 0 Å². The fraction of sp³-hybridized carbons (Fsp3) is 1.00. The van der Waals surface area contributed by atoms with Gasteiger partial charge in [-0.3, -0.25) is 0 Å². The number of quaternary nitrogens is 1. The third-order valence-electron chi connectivity index (χ3n) is 2.89. The summed E-state index contributed by atoms with van der Waals surface area (Å²) >= 11 is 0. The maximum atomic E-state index is 3.52. The Labute approximate surface area is 106 Å². The molecule has 0 heterocycles. The zero-order chi connectivity index (χ0) is 12.3. The van der Waals surface area contributed by atoms with Crippen molar-refractivity contribution in [3.8, 4) is 0 Å². The topological polar surface area (TPSA) is 12.0 Å². The average molecular weight is 246 g/mol. The molecule has 0 saturated carbocycles. The van der Waals surface area contributed by atoms with Crippen LogP contribution >= 0.6 is 0 Å². The molecule has 0 aromatic heterocycles. The largest absolute Gasteiger partial charge is 0.331 e. The Morgan fingerprint density at radius 2 is 1.38 bits per heavy atom. The van der Waals surface area contributed by atoms with Crippen molar-refractivity contribution in [1.29, 1.82) is 0 Å². The lowest BCUT2D eigenvalue weighted by molar-refractivity contribution is -0.870. The van der Waals surface area contributed by atoms with Gasteiger partial charge < -0.3 is 9.80 Å². The van der Waals surface area contributed by atoms with Gasteiger partial charge in [0.1, 0.15) is 0 Å². The van der Waals surface area contributed by atoms with Crippen molar-refractivity contribution in [3.05, 3.63) is 0 Å². The van der Waals surface area contributed by atoms with E-state index in [1.807, 2.05) is 0 Å². The molecule has 0 amide bonds. The van der Waals surface area contributed by atoms with E-state index in [1.54, 1.807) is 0 Å². The molecule has 2 nitrogen and oxygen atoms in total. The van der Waals surface area contributed by atoms with E-state index < -0.39 is 0 Å². The quantitative estimate of drug-likeness (QED) is 0.330. The molecule has 0 saturated heterocycles. The Kier molecular flexibility index (Phi) is 10.4. The van der Waals surface area contributed by atoms with E-state index >= 15 is 0 Å². The van der Waals surface area contributed by atoms with Gasteiger partial charge in [-0.1, -0.05) is 18.9 Å². The van der Waals surface area contributed by atoms with E-state index in [9.17, 15) is 0 Å². The van der Waals surface area contributed by atoms with Crippen molar-refractivity contribution in [2.75, 3.05) is 40.8 Å². The van der Waals surface area contributed by atoms with Crippen LogP contribution in [0.5, 0.6) is 0 Å². The summed E-state index contributed by atoms with van der Waals surface area (Å²) in [6.45, 7) is 3.79. The van der Waals surface area contributed by atoms with E-state index in [-0.39, 0.29) is 0 Å². The molecule has 98 valence electrons. The summed E-state index contributed by atoms with van der Waals surface area (Å²) in [5.41, 5.74) is 0. The number of nitrogens with one attached hydrogen (secondary N) is 1. The minimum absolute atomic E-state index is 1.11. The van der Waals surface area contributed by atoms with Crippen molar-refractivity contribution < 1.29 is 4.48 Å². The van der Waals surface area contributed by atoms with Crippen LogP contribution in [0, 0.1) is 0 Å². The predicted molar refractivity (Wildman–Crippen MR) is 78.2 cm³/mol. The molecule has 0 bridgehead atoms. The van der Waals surface area contributed by atoms with Gasteiger partial charge in [0, 0.05) is 10.2 Å². The second-order valence-corrected chi connectivity index (χ2v) is 6.89. The molecule has 0 aromatic carbocycles. The van der Waals surface area contributed by atoms with Crippen LogP contribution in [0.4, 0.5) is 0 Å². The van der Waals surface area contributed by atoms with E-state index in [0.29, 0.717) is 0 Å². The van der Waals surface area contributed by atoms with Crippen molar-refractivity contribution in [1.82, 2.24) is 5.32 Å². The minimum atomic E-state index is 1.11. The van der Waals surface area contributed by atoms with E-state index in [2.05, 4.69) is 26.5 Å². The summed E-state index contributed by atoms with van der Waals surface area (Å²) in [6.07, 6.45) is 8.38. The standard InChI is InChI=1S/C13H33N2Si/c1-15(2,3)12-8-6-4-5-7-10-14-11-9-13-16/h14H,4-13H2,1-3,16H3/q+1. The molecule has 0 aromatic rings. The molecule has 3 heteroatoms. The first kappa shape index (κ1) is 16.1. The van der Waals surface area contributed by atoms with E-state index in [0.717, 1.165) is 4.48 Å². The molecule has 1 N–H and O–H groups in total. The maximum absolute atomic E-state index is 3.52. The number of hydrogen-bond donors (Lipinski definition) is 1. The van der Waals surface area contributed by atoms with Crippen molar-refractivity contribution >= 4 is 10.2 Å². The number of unbranched alkanes of at least 4 members (excludes halogenated alkanes) is 4. The van der Waals surface area contributed by atoms with Gasteiger partial charge in [0.05, 0.1) is 27.7 Å². The lowest BCUT2D eigenvalue weighted by Crippen LogP contribution is -2.35. The fourth-order valence-electron chi connectivity index (χ4n) is 1.79. The Hall–Kier alpha value is 0.137. The summed E-state index contributed by atoms with van der Waals surface area (Å²) in [6, 6.07) is 1.44. The highest BCUT2D eigenvalue weighted by Gasteiger charge is 2.04. The highest BCUT2D eigenvalue weighted by Crippen LogP contribution is 2.04. The van der Waals surface area contributed by atoms with Crippen molar-refractivity contribution in [2.45, 2.75) is 44.6 Å². The monoisotopic (exact) mass is 245 g/mol. The Bertz CT molecular complexity index is 143. The molecular weight excluding hydrogens is 212 g/mol. The van der Waals surface area contributed by atoms with Crippen molar-refractivity contribution in [3.63, 3.8) is 0 Å². The molecule has 0 unspecified atom stereocenters. The van der Waals surface area contributed by atoms with Crippen LogP contribution < -0.4 is 5.32 Å². The smallest absolute Gasteiger partial charge is 0.0780 e.